The average molecular weight is 385 g/mol. The molecule has 0 radical (unpaired) electrons. The molecule has 0 unspecified atom stereocenters. The molecule has 0 atom stereocenters. The molecular weight excluding hydrogens is 363 g/mol. The number of aromatic nitrogens is 1. The van der Waals surface area contributed by atoms with E-state index in [4.69, 9.17) is 0 Å². The number of piperazine rings is 1. The van der Waals surface area contributed by atoms with E-state index < -0.39 is 11.7 Å². The van der Waals surface area contributed by atoms with E-state index in [1.807, 2.05) is 24.4 Å². The summed E-state index contributed by atoms with van der Waals surface area (Å²) in [5.74, 6) is 0. The Morgan fingerprint density at radius 2 is 1.54 bits per heavy atom. The minimum atomic E-state index is -4.29. The van der Waals surface area contributed by atoms with E-state index in [1.54, 1.807) is 6.07 Å². The highest BCUT2D eigenvalue weighted by Crippen LogP contribution is 2.29. The number of rotatable bonds is 4. The maximum atomic E-state index is 12.9. The van der Waals surface area contributed by atoms with Crippen molar-refractivity contribution < 1.29 is 13.2 Å². The number of alkyl halides is 3. The van der Waals surface area contributed by atoms with Gasteiger partial charge in [-0.1, -0.05) is 42.5 Å². The molecular formula is C22H22F3N3. The van der Waals surface area contributed by atoms with Crippen molar-refractivity contribution in [3.05, 3.63) is 77.6 Å². The van der Waals surface area contributed by atoms with E-state index in [-0.39, 0.29) is 0 Å². The van der Waals surface area contributed by atoms with Crippen LogP contribution in [-0.4, -0.2) is 41.0 Å². The fraction of sp³-hybridized carbons (Fsp3) is 0.318. The van der Waals surface area contributed by atoms with Gasteiger partial charge in [-0.15, -0.1) is 0 Å². The minimum absolute atomic E-state index is 0.546. The highest BCUT2D eigenvalue weighted by atomic mass is 19.4. The number of hydrogen-bond donors (Lipinski definition) is 0. The van der Waals surface area contributed by atoms with E-state index in [0.29, 0.717) is 12.1 Å². The number of pyridine rings is 1. The van der Waals surface area contributed by atoms with Crippen LogP contribution in [0.4, 0.5) is 13.2 Å². The van der Waals surface area contributed by atoms with Gasteiger partial charge in [-0.25, -0.2) is 0 Å². The molecule has 28 heavy (non-hydrogen) atoms. The molecule has 3 aromatic rings. The van der Waals surface area contributed by atoms with Gasteiger partial charge in [-0.05, 0) is 23.1 Å². The fourth-order valence-electron chi connectivity index (χ4n) is 3.73. The van der Waals surface area contributed by atoms with Gasteiger partial charge < -0.3 is 0 Å². The number of halogens is 3. The first kappa shape index (κ1) is 18.9. The SMILES string of the molecule is FC(F)(F)c1cccc(CN2CCN(Cc3nccc4ccccc34)CC2)c1. The summed E-state index contributed by atoms with van der Waals surface area (Å²) in [6.07, 6.45) is -2.44. The lowest BCUT2D eigenvalue weighted by molar-refractivity contribution is -0.137. The first-order chi connectivity index (χ1) is 13.5. The smallest absolute Gasteiger partial charge is 0.297 e. The zero-order valence-electron chi connectivity index (χ0n) is 15.5. The first-order valence-electron chi connectivity index (χ1n) is 9.42. The summed E-state index contributed by atoms with van der Waals surface area (Å²) in [4.78, 5) is 9.13. The lowest BCUT2D eigenvalue weighted by Gasteiger charge is -2.34. The van der Waals surface area contributed by atoms with Crippen LogP contribution in [0, 0.1) is 0 Å². The van der Waals surface area contributed by atoms with Crippen LogP contribution in [0.1, 0.15) is 16.8 Å². The zero-order chi connectivity index (χ0) is 19.6. The van der Waals surface area contributed by atoms with Gasteiger partial charge in [0.1, 0.15) is 0 Å². The van der Waals surface area contributed by atoms with Gasteiger partial charge in [0.25, 0.3) is 0 Å². The monoisotopic (exact) mass is 385 g/mol. The lowest BCUT2D eigenvalue weighted by Crippen LogP contribution is -2.45. The van der Waals surface area contributed by atoms with Gasteiger partial charge in [0.2, 0.25) is 0 Å². The van der Waals surface area contributed by atoms with Crippen molar-refractivity contribution in [1.82, 2.24) is 14.8 Å². The van der Waals surface area contributed by atoms with Crippen molar-refractivity contribution in [2.45, 2.75) is 19.3 Å². The Hall–Kier alpha value is -2.44. The van der Waals surface area contributed by atoms with Crippen LogP contribution in [0.3, 0.4) is 0 Å². The molecule has 0 amide bonds. The van der Waals surface area contributed by atoms with Crippen molar-refractivity contribution in [3.63, 3.8) is 0 Å². The molecule has 1 aliphatic rings. The molecule has 1 aromatic heterocycles. The second-order valence-electron chi connectivity index (χ2n) is 7.23. The maximum absolute atomic E-state index is 12.9. The molecule has 0 bridgehead atoms. The summed E-state index contributed by atoms with van der Waals surface area (Å²) in [7, 11) is 0. The summed E-state index contributed by atoms with van der Waals surface area (Å²) >= 11 is 0. The molecule has 2 heterocycles. The Balaban J connectivity index is 1.36. The lowest BCUT2D eigenvalue weighted by atomic mass is 10.1. The number of benzene rings is 2. The molecule has 3 nitrogen and oxygen atoms in total. The summed E-state index contributed by atoms with van der Waals surface area (Å²) in [5, 5.41) is 2.37. The van der Waals surface area contributed by atoms with Crippen LogP contribution in [0.25, 0.3) is 10.8 Å². The molecule has 1 aliphatic heterocycles. The number of fused-ring (bicyclic) bond motifs is 1. The highest BCUT2D eigenvalue weighted by molar-refractivity contribution is 5.84. The van der Waals surface area contributed by atoms with Gasteiger partial charge in [-0.2, -0.15) is 13.2 Å². The van der Waals surface area contributed by atoms with Crippen LogP contribution in [-0.2, 0) is 19.3 Å². The standard InChI is InChI=1S/C22H22F3N3/c23-22(24,25)19-6-3-4-17(14-19)15-27-10-12-28(13-11-27)16-21-20-7-2-1-5-18(20)8-9-26-21/h1-9,14H,10-13,15-16H2. The third-order valence-electron chi connectivity index (χ3n) is 5.25. The van der Waals surface area contributed by atoms with Gasteiger partial charge in [0.05, 0.1) is 11.3 Å². The van der Waals surface area contributed by atoms with Crippen molar-refractivity contribution in [2.24, 2.45) is 0 Å². The molecule has 0 spiro atoms. The molecule has 6 heteroatoms. The summed E-state index contributed by atoms with van der Waals surface area (Å²) in [6, 6.07) is 15.9. The van der Waals surface area contributed by atoms with Crippen LogP contribution < -0.4 is 0 Å². The number of hydrogen-bond acceptors (Lipinski definition) is 3. The molecule has 1 fully saturated rings. The Labute approximate surface area is 162 Å². The third kappa shape index (κ3) is 4.34. The summed E-state index contributed by atoms with van der Waals surface area (Å²) < 4.78 is 38.7. The van der Waals surface area contributed by atoms with E-state index in [0.717, 1.165) is 44.5 Å². The highest BCUT2D eigenvalue weighted by Gasteiger charge is 2.30. The van der Waals surface area contributed by atoms with Crippen LogP contribution in [0.15, 0.2) is 60.8 Å². The molecule has 0 N–H and O–H groups in total. The second kappa shape index (κ2) is 7.89. The Kier molecular flexibility index (Phi) is 5.33. The third-order valence-corrected chi connectivity index (χ3v) is 5.25. The minimum Gasteiger partial charge on any atom is -0.297 e. The summed E-state index contributed by atoms with van der Waals surface area (Å²) in [6.45, 7) is 4.76. The second-order valence-corrected chi connectivity index (χ2v) is 7.23. The predicted molar refractivity (Wildman–Crippen MR) is 104 cm³/mol. The summed E-state index contributed by atoms with van der Waals surface area (Å²) in [5.41, 5.74) is 1.20. The first-order valence-corrected chi connectivity index (χ1v) is 9.42. The van der Waals surface area contributed by atoms with E-state index >= 15 is 0 Å². The van der Waals surface area contributed by atoms with E-state index in [1.165, 1.54) is 22.9 Å². The van der Waals surface area contributed by atoms with Gasteiger partial charge in [0, 0.05) is 50.9 Å². The van der Waals surface area contributed by atoms with Gasteiger partial charge >= 0.3 is 6.18 Å². The predicted octanol–water partition coefficient (Wildman–Crippen LogP) is 4.57. The average Bonchev–Trinajstić information content (AvgIpc) is 2.69. The molecule has 0 aliphatic carbocycles. The van der Waals surface area contributed by atoms with Crippen molar-refractivity contribution in [1.29, 1.82) is 0 Å². The van der Waals surface area contributed by atoms with Crippen molar-refractivity contribution in [2.75, 3.05) is 26.2 Å². The fourth-order valence-corrected chi connectivity index (χ4v) is 3.73. The Morgan fingerprint density at radius 3 is 2.29 bits per heavy atom. The molecule has 0 saturated carbocycles. The number of nitrogens with zero attached hydrogens (tertiary/aromatic N) is 3. The van der Waals surface area contributed by atoms with Gasteiger partial charge in [0.15, 0.2) is 0 Å². The molecule has 1 saturated heterocycles. The maximum Gasteiger partial charge on any atom is 0.416 e. The van der Waals surface area contributed by atoms with Crippen molar-refractivity contribution in [3.8, 4) is 0 Å². The quantitative estimate of drug-likeness (QED) is 0.656. The Bertz CT molecular complexity index is 942. The van der Waals surface area contributed by atoms with Crippen LogP contribution in [0.2, 0.25) is 0 Å². The zero-order valence-corrected chi connectivity index (χ0v) is 15.5. The topological polar surface area (TPSA) is 19.4 Å². The normalized spacial score (nSPS) is 16.5. The molecule has 2 aromatic carbocycles. The van der Waals surface area contributed by atoms with E-state index in [9.17, 15) is 13.2 Å². The van der Waals surface area contributed by atoms with Crippen molar-refractivity contribution >= 4 is 10.8 Å². The van der Waals surface area contributed by atoms with Crippen LogP contribution >= 0.6 is 0 Å². The van der Waals surface area contributed by atoms with Crippen LogP contribution in [0.5, 0.6) is 0 Å². The van der Waals surface area contributed by atoms with E-state index in [2.05, 4.69) is 26.9 Å². The van der Waals surface area contributed by atoms with Gasteiger partial charge in [-0.3, -0.25) is 14.8 Å². The molecule has 4 rings (SSSR count). The molecule has 146 valence electrons. The largest absolute Gasteiger partial charge is 0.416 e. The Morgan fingerprint density at radius 1 is 0.821 bits per heavy atom.